The highest BCUT2D eigenvalue weighted by Gasteiger charge is 2.50. The average Bonchev–Trinajstić information content (AvgIpc) is 2.69. The lowest BCUT2D eigenvalue weighted by molar-refractivity contribution is -0.0496. The average molecular weight is 429 g/mol. The molecule has 0 spiro atoms. The van der Waals surface area contributed by atoms with Gasteiger partial charge in [-0.15, -0.1) is 0 Å². The van der Waals surface area contributed by atoms with Gasteiger partial charge in [-0.25, -0.2) is 18.4 Å². The van der Waals surface area contributed by atoms with Crippen molar-refractivity contribution >= 4 is 15.8 Å². The molecule has 0 radical (unpaired) electrons. The third kappa shape index (κ3) is 4.67. The number of alkyl halides is 3. The van der Waals surface area contributed by atoms with E-state index >= 15 is 0 Å². The van der Waals surface area contributed by atoms with Crippen LogP contribution < -0.4 is 5.32 Å². The van der Waals surface area contributed by atoms with Crippen LogP contribution in [0, 0.1) is 19.8 Å². The Morgan fingerprint density at radius 1 is 1.21 bits per heavy atom. The summed E-state index contributed by atoms with van der Waals surface area (Å²) in [7, 11) is -5.25. The van der Waals surface area contributed by atoms with Gasteiger partial charge in [0, 0.05) is 48.8 Å². The standard InChI is InChI=1S/C18H22F3N5O2S/c1-12-13(2)24-17(15-4-3-7-22-11-15)25-16(12)23-10-14-5-8-26(9-6-14)29(27,28)18(19,20)21/h3-4,7,11,14H,5-6,8-10H2,1-2H3,(H,23,24,25). The lowest BCUT2D eigenvalue weighted by atomic mass is 9.98. The maximum Gasteiger partial charge on any atom is 0.511 e. The van der Waals surface area contributed by atoms with Crippen molar-refractivity contribution in [3.05, 3.63) is 35.8 Å². The van der Waals surface area contributed by atoms with Crippen LogP contribution in [0.15, 0.2) is 24.5 Å². The third-order valence-electron chi connectivity index (χ3n) is 5.07. The number of hydrogen-bond donors (Lipinski definition) is 1. The van der Waals surface area contributed by atoms with Gasteiger partial charge in [0.25, 0.3) is 0 Å². The number of aryl methyl sites for hydroxylation is 1. The minimum Gasteiger partial charge on any atom is -0.369 e. The monoisotopic (exact) mass is 429 g/mol. The van der Waals surface area contributed by atoms with Crippen LogP contribution in [-0.4, -0.2) is 52.8 Å². The number of anilines is 1. The Labute approximate surface area is 167 Å². The topological polar surface area (TPSA) is 88.1 Å². The largest absolute Gasteiger partial charge is 0.511 e. The molecule has 7 nitrogen and oxygen atoms in total. The van der Waals surface area contributed by atoms with Crippen LogP contribution in [0.5, 0.6) is 0 Å². The van der Waals surface area contributed by atoms with Gasteiger partial charge in [-0.3, -0.25) is 4.98 Å². The molecule has 0 bridgehead atoms. The highest BCUT2D eigenvalue weighted by atomic mass is 32.2. The van der Waals surface area contributed by atoms with Gasteiger partial charge in [-0.2, -0.15) is 17.5 Å². The second kappa shape index (κ2) is 8.23. The van der Waals surface area contributed by atoms with E-state index < -0.39 is 15.5 Å². The Hall–Kier alpha value is -2.27. The van der Waals surface area contributed by atoms with E-state index in [0.29, 0.717) is 35.3 Å². The van der Waals surface area contributed by atoms with E-state index in [4.69, 9.17) is 0 Å². The molecular weight excluding hydrogens is 407 g/mol. The van der Waals surface area contributed by atoms with Crippen molar-refractivity contribution < 1.29 is 21.6 Å². The number of sulfonamides is 1. The van der Waals surface area contributed by atoms with Crippen LogP contribution in [0.4, 0.5) is 19.0 Å². The number of nitrogens with one attached hydrogen (secondary N) is 1. The van der Waals surface area contributed by atoms with Crippen LogP contribution >= 0.6 is 0 Å². The molecule has 11 heteroatoms. The summed E-state index contributed by atoms with van der Waals surface area (Å²) in [5, 5.41) is 3.26. The van der Waals surface area contributed by atoms with Gasteiger partial charge in [-0.05, 0) is 44.7 Å². The highest BCUT2D eigenvalue weighted by molar-refractivity contribution is 7.90. The molecule has 0 saturated carbocycles. The van der Waals surface area contributed by atoms with Crippen LogP contribution in [-0.2, 0) is 10.0 Å². The molecule has 3 rings (SSSR count). The predicted octanol–water partition coefficient (Wildman–Crippen LogP) is 3.13. The van der Waals surface area contributed by atoms with E-state index in [1.54, 1.807) is 18.5 Å². The van der Waals surface area contributed by atoms with Crippen LogP contribution in [0.3, 0.4) is 0 Å². The Bertz CT molecular complexity index is 959. The van der Waals surface area contributed by atoms with Gasteiger partial charge in [0.2, 0.25) is 0 Å². The van der Waals surface area contributed by atoms with Crippen molar-refractivity contribution in [1.82, 2.24) is 19.3 Å². The van der Waals surface area contributed by atoms with Gasteiger partial charge in [0.15, 0.2) is 5.82 Å². The summed E-state index contributed by atoms with van der Waals surface area (Å²) in [4.78, 5) is 13.1. The van der Waals surface area contributed by atoms with Crippen molar-refractivity contribution in [3.63, 3.8) is 0 Å². The summed E-state index contributed by atoms with van der Waals surface area (Å²) in [5.74, 6) is 1.24. The number of nitrogens with zero attached hydrogens (tertiary/aromatic N) is 4. The lowest BCUT2D eigenvalue weighted by Gasteiger charge is -2.31. The molecule has 158 valence electrons. The highest BCUT2D eigenvalue weighted by Crippen LogP contribution is 2.30. The van der Waals surface area contributed by atoms with Crippen molar-refractivity contribution in [2.75, 3.05) is 25.0 Å². The normalized spacial score (nSPS) is 16.7. The Balaban J connectivity index is 1.65. The Morgan fingerprint density at radius 2 is 1.90 bits per heavy atom. The molecule has 0 unspecified atom stereocenters. The van der Waals surface area contributed by atoms with E-state index in [9.17, 15) is 21.6 Å². The fourth-order valence-electron chi connectivity index (χ4n) is 3.17. The van der Waals surface area contributed by atoms with Crippen LogP contribution in [0.1, 0.15) is 24.1 Å². The summed E-state index contributed by atoms with van der Waals surface area (Å²) in [5.41, 5.74) is -2.78. The number of hydrogen-bond acceptors (Lipinski definition) is 6. The smallest absolute Gasteiger partial charge is 0.369 e. The van der Waals surface area contributed by atoms with Crippen molar-refractivity contribution in [2.24, 2.45) is 5.92 Å². The van der Waals surface area contributed by atoms with Gasteiger partial charge >= 0.3 is 15.5 Å². The van der Waals surface area contributed by atoms with E-state index in [2.05, 4.69) is 20.3 Å². The summed E-state index contributed by atoms with van der Waals surface area (Å²) in [6.45, 7) is 3.98. The SMILES string of the molecule is Cc1nc(-c2cccnc2)nc(NCC2CCN(S(=O)(=O)C(F)(F)F)CC2)c1C. The maximum absolute atomic E-state index is 12.7. The predicted molar refractivity (Wildman–Crippen MR) is 102 cm³/mol. The maximum atomic E-state index is 12.7. The van der Waals surface area contributed by atoms with E-state index in [-0.39, 0.29) is 19.0 Å². The molecule has 1 saturated heterocycles. The summed E-state index contributed by atoms with van der Waals surface area (Å²) < 4.78 is 61.6. The second-order valence-corrected chi connectivity index (χ2v) is 8.95. The van der Waals surface area contributed by atoms with Gasteiger partial charge in [0.05, 0.1) is 0 Å². The molecule has 29 heavy (non-hydrogen) atoms. The summed E-state index contributed by atoms with van der Waals surface area (Å²) in [6, 6.07) is 3.65. The fraction of sp³-hybridized carbons (Fsp3) is 0.500. The second-order valence-electron chi connectivity index (χ2n) is 7.02. The van der Waals surface area contributed by atoms with Crippen molar-refractivity contribution in [2.45, 2.75) is 32.2 Å². The third-order valence-corrected chi connectivity index (χ3v) is 6.70. The molecule has 0 atom stereocenters. The zero-order chi connectivity index (χ0) is 21.2. The molecular formula is C18H22F3N5O2S. The van der Waals surface area contributed by atoms with Crippen LogP contribution in [0.25, 0.3) is 11.4 Å². The molecule has 1 N–H and O–H groups in total. The molecule has 3 heterocycles. The van der Waals surface area contributed by atoms with Crippen LogP contribution in [0.2, 0.25) is 0 Å². The number of rotatable bonds is 5. The fourth-order valence-corrected chi connectivity index (χ4v) is 4.15. The first-order valence-electron chi connectivity index (χ1n) is 9.15. The van der Waals surface area contributed by atoms with E-state index in [1.807, 2.05) is 19.9 Å². The first-order valence-corrected chi connectivity index (χ1v) is 10.6. The first-order chi connectivity index (χ1) is 13.6. The number of aromatic nitrogens is 3. The minimum atomic E-state index is -5.25. The molecule has 0 aliphatic carbocycles. The molecule has 1 fully saturated rings. The first kappa shape index (κ1) is 21.4. The number of piperidine rings is 1. The number of pyridine rings is 1. The molecule has 2 aromatic heterocycles. The molecule has 1 aliphatic rings. The zero-order valence-corrected chi connectivity index (χ0v) is 16.9. The van der Waals surface area contributed by atoms with E-state index in [0.717, 1.165) is 16.8 Å². The summed E-state index contributed by atoms with van der Waals surface area (Å²) in [6.07, 6.45) is 4.03. The zero-order valence-electron chi connectivity index (χ0n) is 16.1. The van der Waals surface area contributed by atoms with E-state index in [1.165, 1.54) is 0 Å². The summed E-state index contributed by atoms with van der Waals surface area (Å²) >= 11 is 0. The van der Waals surface area contributed by atoms with Crippen molar-refractivity contribution in [1.29, 1.82) is 0 Å². The van der Waals surface area contributed by atoms with Gasteiger partial charge in [-0.1, -0.05) is 0 Å². The molecule has 1 aliphatic heterocycles. The van der Waals surface area contributed by atoms with Crippen molar-refractivity contribution in [3.8, 4) is 11.4 Å². The Morgan fingerprint density at radius 3 is 2.48 bits per heavy atom. The quantitative estimate of drug-likeness (QED) is 0.786. The number of halogens is 3. The van der Waals surface area contributed by atoms with Gasteiger partial charge < -0.3 is 5.32 Å². The molecule has 2 aromatic rings. The Kier molecular flexibility index (Phi) is 6.08. The molecule has 0 amide bonds. The van der Waals surface area contributed by atoms with Gasteiger partial charge in [0.1, 0.15) is 5.82 Å². The molecule has 0 aromatic carbocycles. The lowest BCUT2D eigenvalue weighted by Crippen LogP contribution is -2.45. The minimum absolute atomic E-state index is 0.0474.